The third-order valence-electron chi connectivity index (χ3n) is 3.09. The van der Waals surface area contributed by atoms with Crippen LogP contribution >= 0.6 is 11.6 Å². The van der Waals surface area contributed by atoms with Crippen molar-refractivity contribution in [1.29, 1.82) is 0 Å². The van der Waals surface area contributed by atoms with Gasteiger partial charge in [0.15, 0.2) is 0 Å². The number of ether oxygens (including phenoxy) is 1. The van der Waals surface area contributed by atoms with E-state index in [2.05, 4.69) is 0 Å². The molecule has 0 radical (unpaired) electrons. The van der Waals surface area contributed by atoms with Crippen LogP contribution in [0.25, 0.3) is 0 Å². The molecule has 0 saturated carbocycles. The van der Waals surface area contributed by atoms with Crippen molar-refractivity contribution in [3.05, 3.63) is 64.2 Å². The molecule has 0 aliphatic heterocycles. The highest BCUT2D eigenvalue weighted by Gasteiger charge is 2.16. The van der Waals surface area contributed by atoms with Crippen LogP contribution in [0.5, 0.6) is 5.75 Å². The molecular formula is C16H16ClF2NO. The van der Waals surface area contributed by atoms with E-state index in [-0.39, 0.29) is 10.6 Å². The van der Waals surface area contributed by atoms with E-state index in [0.717, 1.165) is 24.3 Å². The number of benzene rings is 2. The van der Waals surface area contributed by atoms with Crippen molar-refractivity contribution >= 4 is 11.6 Å². The fourth-order valence-corrected chi connectivity index (χ4v) is 2.10. The Labute approximate surface area is 127 Å². The largest absolute Gasteiger partial charge is 0.494 e. The van der Waals surface area contributed by atoms with Crippen molar-refractivity contribution in [3.8, 4) is 5.75 Å². The predicted molar refractivity (Wildman–Crippen MR) is 79.6 cm³/mol. The lowest BCUT2D eigenvalue weighted by Crippen LogP contribution is -2.14. The van der Waals surface area contributed by atoms with Crippen LogP contribution in [-0.2, 0) is 0 Å². The summed E-state index contributed by atoms with van der Waals surface area (Å²) in [5.74, 6) is -0.595. The number of nitrogens with two attached hydrogens (primary N) is 1. The van der Waals surface area contributed by atoms with Crippen molar-refractivity contribution < 1.29 is 13.5 Å². The zero-order chi connectivity index (χ0) is 15.4. The standard InChI is InChI=1S/C16H16ClF2NO/c1-2-7-21-11-5-3-10(4-6-11)16(20)12-8-15(19)13(17)9-14(12)18/h3-6,8-9,16H,2,7,20H2,1H3. The number of hydrogen-bond donors (Lipinski definition) is 1. The molecule has 1 atom stereocenters. The summed E-state index contributed by atoms with van der Waals surface area (Å²) in [6, 6.07) is 8.19. The summed E-state index contributed by atoms with van der Waals surface area (Å²) < 4.78 is 32.8. The zero-order valence-electron chi connectivity index (χ0n) is 11.6. The third kappa shape index (κ3) is 3.71. The molecule has 0 saturated heterocycles. The minimum absolute atomic E-state index is 0.0686. The van der Waals surface area contributed by atoms with E-state index >= 15 is 0 Å². The summed E-state index contributed by atoms with van der Waals surface area (Å²) in [6.45, 7) is 2.64. The SMILES string of the molecule is CCCOc1ccc(C(N)c2cc(F)c(Cl)cc2F)cc1. The molecule has 2 nitrogen and oxygen atoms in total. The molecule has 0 heterocycles. The Bertz CT molecular complexity index is 616. The normalized spacial score (nSPS) is 12.2. The van der Waals surface area contributed by atoms with E-state index in [9.17, 15) is 8.78 Å². The highest BCUT2D eigenvalue weighted by Crippen LogP contribution is 2.27. The Morgan fingerprint density at radius 2 is 1.81 bits per heavy atom. The minimum Gasteiger partial charge on any atom is -0.494 e. The van der Waals surface area contributed by atoms with Crippen LogP contribution in [0.15, 0.2) is 36.4 Å². The maximum Gasteiger partial charge on any atom is 0.142 e. The maximum absolute atomic E-state index is 13.9. The van der Waals surface area contributed by atoms with Crippen molar-refractivity contribution in [3.63, 3.8) is 0 Å². The van der Waals surface area contributed by atoms with E-state index in [1.165, 1.54) is 0 Å². The maximum atomic E-state index is 13.9. The lowest BCUT2D eigenvalue weighted by molar-refractivity contribution is 0.317. The van der Waals surface area contributed by atoms with E-state index in [1.54, 1.807) is 24.3 Å². The van der Waals surface area contributed by atoms with Crippen molar-refractivity contribution in [1.82, 2.24) is 0 Å². The van der Waals surface area contributed by atoms with E-state index < -0.39 is 17.7 Å². The Balaban J connectivity index is 2.23. The molecule has 0 aliphatic carbocycles. The molecule has 0 fully saturated rings. The van der Waals surface area contributed by atoms with Crippen LogP contribution in [0.1, 0.15) is 30.5 Å². The third-order valence-corrected chi connectivity index (χ3v) is 3.38. The zero-order valence-corrected chi connectivity index (χ0v) is 12.3. The summed E-state index contributed by atoms with van der Waals surface area (Å²) in [6.07, 6.45) is 0.913. The van der Waals surface area contributed by atoms with Gasteiger partial charge in [0.05, 0.1) is 17.7 Å². The molecule has 0 bridgehead atoms. The van der Waals surface area contributed by atoms with Crippen LogP contribution in [0.3, 0.4) is 0 Å². The fourth-order valence-electron chi connectivity index (χ4n) is 1.95. The second kappa shape index (κ2) is 6.87. The summed E-state index contributed by atoms with van der Waals surface area (Å²) in [4.78, 5) is 0. The summed E-state index contributed by atoms with van der Waals surface area (Å²) in [7, 11) is 0. The molecule has 0 aromatic heterocycles. The van der Waals surface area contributed by atoms with E-state index in [4.69, 9.17) is 22.1 Å². The van der Waals surface area contributed by atoms with Crippen LogP contribution < -0.4 is 10.5 Å². The van der Waals surface area contributed by atoms with Crippen LogP contribution in [0.4, 0.5) is 8.78 Å². The topological polar surface area (TPSA) is 35.2 Å². The second-order valence-corrected chi connectivity index (χ2v) is 5.09. The van der Waals surface area contributed by atoms with Crippen LogP contribution in [0.2, 0.25) is 5.02 Å². The highest BCUT2D eigenvalue weighted by atomic mass is 35.5. The molecule has 0 aliphatic rings. The summed E-state index contributed by atoms with van der Waals surface area (Å²) in [5.41, 5.74) is 6.73. The molecule has 0 amide bonds. The number of rotatable bonds is 5. The van der Waals surface area contributed by atoms with Gasteiger partial charge in [-0.3, -0.25) is 0 Å². The van der Waals surface area contributed by atoms with E-state index in [1.807, 2.05) is 6.92 Å². The molecule has 2 N–H and O–H groups in total. The Kier molecular flexibility index (Phi) is 5.15. The second-order valence-electron chi connectivity index (χ2n) is 4.68. The lowest BCUT2D eigenvalue weighted by atomic mass is 9.99. The van der Waals surface area contributed by atoms with Gasteiger partial charge in [-0.2, -0.15) is 0 Å². The minimum atomic E-state index is -0.767. The molecule has 2 aromatic carbocycles. The first-order valence-electron chi connectivity index (χ1n) is 6.65. The van der Waals surface area contributed by atoms with Gasteiger partial charge in [-0.05, 0) is 36.2 Å². The summed E-state index contributed by atoms with van der Waals surface area (Å²) in [5, 5.41) is -0.258. The van der Waals surface area contributed by atoms with Gasteiger partial charge in [0, 0.05) is 5.56 Å². The average Bonchev–Trinajstić information content (AvgIpc) is 2.48. The molecule has 2 aromatic rings. The fraction of sp³-hybridized carbons (Fsp3) is 0.250. The molecular weight excluding hydrogens is 296 g/mol. The smallest absolute Gasteiger partial charge is 0.142 e. The quantitative estimate of drug-likeness (QED) is 0.828. The Morgan fingerprint density at radius 3 is 2.43 bits per heavy atom. The van der Waals surface area contributed by atoms with Crippen LogP contribution in [0, 0.1) is 11.6 Å². The number of hydrogen-bond acceptors (Lipinski definition) is 2. The highest BCUT2D eigenvalue weighted by molar-refractivity contribution is 6.30. The first kappa shape index (κ1) is 15.7. The van der Waals surface area contributed by atoms with Gasteiger partial charge in [-0.1, -0.05) is 30.7 Å². The molecule has 112 valence electrons. The molecule has 1 unspecified atom stereocenters. The van der Waals surface area contributed by atoms with Gasteiger partial charge in [0.2, 0.25) is 0 Å². The first-order valence-corrected chi connectivity index (χ1v) is 7.03. The molecule has 21 heavy (non-hydrogen) atoms. The van der Waals surface area contributed by atoms with Gasteiger partial charge in [-0.25, -0.2) is 8.78 Å². The Morgan fingerprint density at radius 1 is 1.14 bits per heavy atom. The van der Waals surface area contributed by atoms with E-state index in [0.29, 0.717) is 12.2 Å². The number of halogens is 3. The van der Waals surface area contributed by atoms with Crippen molar-refractivity contribution in [2.24, 2.45) is 5.73 Å². The van der Waals surface area contributed by atoms with Crippen LogP contribution in [-0.4, -0.2) is 6.61 Å². The summed E-state index contributed by atoms with van der Waals surface area (Å²) >= 11 is 5.53. The average molecular weight is 312 g/mol. The van der Waals surface area contributed by atoms with Gasteiger partial charge < -0.3 is 10.5 Å². The lowest BCUT2D eigenvalue weighted by Gasteiger charge is -2.15. The van der Waals surface area contributed by atoms with Crippen molar-refractivity contribution in [2.75, 3.05) is 6.61 Å². The van der Waals surface area contributed by atoms with Crippen molar-refractivity contribution in [2.45, 2.75) is 19.4 Å². The van der Waals surface area contributed by atoms with Gasteiger partial charge >= 0.3 is 0 Å². The molecule has 5 heteroatoms. The molecule has 2 rings (SSSR count). The first-order chi connectivity index (χ1) is 10.0. The van der Waals surface area contributed by atoms with Gasteiger partial charge in [0.1, 0.15) is 17.4 Å². The van der Waals surface area contributed by atoms with Gasteiger partial charge in [0.25, 0.3) is 0 Å². The Hall–Kier alpha value is -1.65. The molecule has 0 spiro atoms. The van der Waals surface area contributed by atoms with Gasteiger partial charge in [-0.15, -0.1) is 0 Å². The predicted octanol–water partition coefficient (Wildman–Crippen LogP) is 4.46. The monoisotopic (exact) mass is 311 g/mol.